The number of aliphatic imine (C=N–C) groups is 1. The molecule has 2 atom stereocenters. The molecule has 0 aromatic carbocycles. The van der Waals surface area contributed by atoms with Crippen LogP contribution in [0.5, 0.6) is 0 Å². The van der Waals surface area contributed by atoms with Gasteiger partial charge in [-0.3, -0.25) is 4.99 Å². The van der Waals surface area contributed by atoms with Crippen LogP contribution in [-0.4, -0.2) is 58.8 Å². The Morgan fingerprint density at radius 2 is 1.85 bits per heavy atom. The van der Waals surface area contributed by atoms with E-state index >= 15 is 0 Å². The van der Waals surface area contributed by atoms with E-state index in [1.807, 2.05) is 0 Å². The van der Waals surface area contributed by atoms with E-state index in [0.717, 1.165) is 25.5 Å². The highest BCUT2D eigenvalue weighted by molar-refractivity contribution is 7.88. The molecule has 1 fully saturated rings. The highest BCUT2D eigenvalue weighted by atomic mass is 32.2. The summed E-state index contributed by atoms with van der Waals surface area (Å²) < 4.78 is 24.4. The summed E-state index contributed by atoms with van der Waals surface area (Å²) in [5.74, 6) is 2.29. The highest BCUT2D eigenvalue weighted by Gasteiger charge is 2.23. The molecular formula is C13H28N4O2S. The molecule has 0 aromatic heterocycles. The molecule has 2 N–H and O–H groups in total. The summed E-state index contributed by atoms with van der Waals surface area (Å²) in [6.45, 7) is 7.78. The lowest BCUT2D eigenvalue weighted by Gasteiger charge is -2.37. The SMILES string of the molecule is CN=C(NCCCNS(C)(=O)=O)N1CC(C)CC(C)C1. The van der Waals surface area contributed by atoms with Crippen molar-refractivity contribution in [3.8, 4) is 0 Å². The zero-order valence-electron chi connectivity index (χ0n) is 13.0. The number of nitrogens with one attached hydrogen (secondary N) is 2. The average Bonchev–Trinajstić information content (AvgIpc) is 2.31. The van der Waals surface area contributed by atoms with E-state index in [9.17, 15) is 8.42 Å². The summed E-state index contributed by atoms with van der Waals surface area (Å²) in [7, 11) is -1.29. The van der Waals surface area contributed by atoms with Crippen LogP contribution in [0.4, 0.5) is 0 Å². The van der Waals surface area contributed by atoms with Crippen molar-refractivity contribution in [2.45, 2.75) is 26.7 Å². The molecule has 6 nitrogen and oxygen atoms in total. The number of guanidine groups is 1. The summed E-state index contributed by atoms with van der Waals surface area (Å²) in [6.07, 6.45) is 3.19. The number of hydrogen-bond acceptors (Lipinski definition) is 3. The largest absolute Gasteiger partial charge is 0.356 e. The van der Waals surface area contributed by atoms with Gasteiger partial charge in [-0.05, 0) is 24.7 Å². The van der Waals surface area contributed by atoms with Gasteiger partial charge in [0, 0.05) is 33.2 Å². The van der Waals surface area contributed by atoms with E-state index in [1.54, 1.807) is 7.05 Å². The van der Waals surface area contributed by atoms with Crippen molar-refractivity contribution in [1.29, 1.82) is 0 Å². The number of hydrogen-bond donors (Lipinski definition) is 2. The predicted octanol–water partition coefficient (Wildman–Crippen LogP) is 0.479. The molecule has 1 aliphatic rings. The van der Waals surface area contributed by atoms with Crippen LogP contribution in [-0.2, 0) is 10.0 Å². The van der Waals surface area contributed by atoms with Crippen LogP contribution < -0.4 is 10.0 Å². The second kappa shape index (κ2) is 7.83. The first-order valence-corrected chi connectivity index (χ1v) is 9.11. The van der Waals surface area contributed by atoms with Crippen molar-refractivity contribution in [3.63, 3.8) is 0 Å². The fraction of sp³-hybridized carbons (Fsp3) is 0.923. The molecule has 0 spiro atoms. The lowest BCUT2D eigenvalue weighted by molar-refractivity contribution is 0.208. The zero-order chi connectivity index (χ0) is 15.2. The predicted molar refractivity (Wildman–Crippen MR) is 83.3 cm³/mol. The smallest absolute Gasteiger partial charge is 0.208 e. The van der Waals surface area contributed by atoms with Gasteiger partial charge in [-0.25, -0.2) is 13.1 Å². The van der Waals surface area contributed by atoms with Crippen molar-refractivity contribution in [1.82, 2.24) is 14.9 Å². The summed E-state index contributed by atoms with van der Waals surface area (Å²) >= 11 is 0. The number of nitrogens with zero attached hydrogens (tertiary/aromatic N) is 2. The second-order valence-electron chi connectivity index (χ2n) is 5.85. The third-order valence-electron chi connectivity index (χ3n) is 3.38. The summed E-state index contributed by atoms with van der Waals surface area (Å²) in [5, 5.41) is 3.31. The van der Waals surface area contributed by atoms with Crippen LogP contribution in [0.1, 0.15) is 26.7 Å². The van der Waals surface area contributed by atoms with E-state index in [2.05, 4.69) is 33.8 Å². The van der Waals surface area contributed by atoms with Crippen LogP contribution in [0.2, 0.25) is 0 Å². The van der Waals surface area contributed by atoms with Crippen LogP contribution in [0.3, 0.4) is 0 Å². The Labute approximate surface area is 123 Å². The van der Waals surface area contributed by atoms with Crippen molar-refractivity contribution in [3.05, 3.63) is 0 Å². The fourth-order valence-electron chi connectivity index (χ4n) is 2.71. The Bertz CT molecular complexity index is 412. The monoisotopic (exact) mass is 304 g/mol. The van der Waals surface area contributed by atoms with E-state index in [1.165, 1.54) is 12.7 Å². The Hall–Kier alpha value is -0.820. The molecule has 1 aliphatic heterocycles. The fourth-order valence-corrected chi connectivity index (χ4v) is 3.23. The van der Waals surface area contributed by atoms with Gasteiger partial charge in [0.15, 0.2) is 5.96 Å². The van der Waals surface area contributed by atoms with Crippen LogP contribution in [0.15, 0.2) is 4.99 Å². The van der Waals surface area contributed by atoms with Gasteiger partial charge in [-0.1, -0.05) is 13.8 Å². The van der Waals surface area contributed by atoms with Gasteiger partial charge >= 0.3 is 0 Å². The molecule has 0 bridgehead atoms. The Morgan fingerprint density at radius 1 is 1.25 bits per heavy atom. The number of piperidine rings is 1. The van der Waals surface area contributed by atoms with E-state index in [4.69, 9.17) is 0 Å². The van der Waals surface area contributed by atoms with Gasteiger partial charge in [0.1, 0.15) is 0 Å². The van der Waals surface area contributed by atoms with Gasteiger partial charge in [-0.2, -0.15) is 0 Å². The van der Waals surface area contributed by atoms with E-state index < -0.39 is 10.0 Å². The standard InChI is InChI=1S/C13H28N4O2S/c1-11-8-12(2)10-17(9-11)13(14-3)15-6-5-7-16-20(4,18)19/h11-12,16H,5-10H2,1-4H3,(H,14,15). The van der Waals surface area contributed by atoms with Crippen LogP contribution in [0, 0.1) is 11.8 Å². The third kappa shape index (κ3) is 6.56. The van der Waals surface area contributed by atoms with Crippen LogP contribution in [0.25, 0.3) is 0 Å². The lowest BCUT2D eigenvalue weighted by Crippen LogP contribution is -2.48. The molecule has 0 aliphatic carbocycles. The topological polar surface area (TPSA) is 73.8 Å². The first-order chi connectivity index (χ1) is 9.31. The molecule has 0 saturated carbocycles. The molecule has 0 aromatic rings. The maximum absolute atomic E-state index is 10.9. The summed E-state index contributed by atoms with van der Waals surface area (Å²) in [4.78, 5) is 6.61. The first-order valence-electron chi connectivity index (χ1n) is 7.22. The molecule has 118 valence electrons. The maximum Gasteiger partial charge on any atom is 0.208 e. The van der Waals surface area contributed by atoms with E-state index in [0.29, 0.717) is 24.9 Å². The second-order valence-corrected chi connectivity index (χ2v) is 7.68. The van der Waals surface area contributed by atoms with E-state index in [-0.39, 0.29) is 0 Å². The molecule has 0 amide bonds. The Balaban J connectivity index is 2.33. The van der Waals surface area contributed by atoms with Crippen molar-refractivity contribution >= 4 is 16.0 Å². The minimum atomic E-state index is -3.08. The Kier molecular flexibility index (Phi) is 6.75. The third-order valence-corrected chi connectivity index (χ3v) is 4.11. The van der Waals surface area contributed by atoms with Crippen molar-refractivity contribution < 1.29 is 8.42 Å². The van der Waals surface area contributed by atoms with Gasteiger partial charge in [0.05, 0.1) is 6.26 Å². The molecular weight excluding hydrogens is 276 g/mol. The molecule has 2 unspecified atom stereocenters. The zero-order valence-corrected chi connectivity index (χ0v) is 13.8. The quantitative estimate of drug-likeness (QED) is 0.440. The van der Waals surface area contributed by atoms with Gasteiger partial charge in [-0.15, -0.1) is 0 Å². The van der Waals surface area contributed by atoms with Gasteiger partial charge in [0.25, 0.3) is 0 Å². The van der Waals surface area contributed by atoms with Gasteiger partial charge in [0.2, 0.25) is 10.0 Å². The molecule has 1 rings (SSSR count). The molecule has 0 radical (unpaired) electrons. The van der Waals surface area contributed by atoms with Crippen molar-refractivity contribution in [2.24, 2.45) is 16.8 Å². The molecule has 1 heterocycles. The van der Waals surface area contributed by atoms with Crippen LogP contribution >= 0.6 is 0 Å². The first kappa shape index (κ1) is 17.2. The highest BCUT2D eigenvalue weighted by Crippen LogP contribution is 2.20. The number of sulfonamides is 1. The minimum Gasteiger partial charge on any atom is -0.356 e. The number of likely N-dealkylation sites (tertiary alicyclic amines) is 1. The maximum atomic E-state index is 10.9. The van der Waals surface area contributed by atoms with Crippen molar-refractivity contribution in [2.75, 3.05) is 39.5 Å². The molecule has 20 heavy (non-hydrogen) atoms. The summed E-state index contributed by atoms with van der Waals surface area (Å²) in [6, 6.07) is 0. The van der Waals surface area contributed by atoms with Gasteiger partial charge < -0.3 is 10.2 Å². The average molecular weight is 304 g/mol. The summed E-state index contributed by atoms with van der Waals surface area (Å²) in [5.41, 5.74) is 0. The molecule has 7 heteroatoms. The molecule has 1 saturated heterocycles. The lowest BCUT2D eigenvalue weighted by atomic mass is 9.92. The Morgan fingerprint density at radius 3 is 2.35 bits per heavy atom. The number of rotatable bonds is 5. The normalized spacial score (nSPS) is 24.8. The minimum absolute atomic E-state index is 0.454.